The number of hydrogen-bond donors (Lipinski definition) is 2. The molecule has 0 spiro atoms. The van der Waals surface area contributed by atoms with Crippen molar-refractivity contribution in [3.8, 4) is 0 Å². The van der Waals surface area contributed by atoms with Crippen LogP contribution in [0.1, 0.15) is 18.5 Å². The summed E-state index contributed by atoms with van der Waals surface area (Å²) in [5.74, 6) is -1.29. The van der Waals surface area contributed by atoms with E-state index in [-0.39, 0.29) is 11.9 Å². The van der Waals surface area contributed by atoms with Crippen LogP contribution in [0.3, 0.4) is 0 Å². The fourth-order valence-corrected chi connectivity index (χ4v) is 1.11. The van der Waals surface area contributed by atoms with Crippen molar-refractivity contribution in [3.05, 3.63) is 47.9 Å². The van der Waals surface area contributed by atoms with E-state index >= 15 is 0 Å². The minimum Gasteiger partial charge on any atom is -0.478 e. The Morgan fingerprint density at radius 2 is 2.07 bits per heavy atom. The standard InChI is InChI=1S/C11H12FNO2/c1-8(13-7-6-11(14)15)9-2-4-10(12)5-3-9/h2-8,13H,1H3,(H,14,15)/b7-6+. The van der Waals surface area contributed by atoms with Gasteiger partial charge in [0.15, 0.2) is 0 Å². The molecule has 0 bridgehead atoms. The van der Waals surface area contributed by atoms with Gasteiger partial charge in [-0.15, -0.1) is 0 Å². The van der Waals surface area contributed by atoms with E-state index in [2.05, 4.69) is 5.32 Å². The highest BCUT2D eigenvalue weighted by Crippen LogP contribution is 2.12. The Bertz CT molecular complexity index is 359. The molecule has 15 heavy (non-hydrogen) atoms. The largest absolute Gasteiger partial charge is 0.478 e. The van der Waals surface area contributed by atoms with Crippen molar-refractivity contribution in [2.45, 2.75) is 13.0 Å². The second-order valence-electron chi connectivity index (χ2n) is 3.11. The molecule has 0 saturated heterocycles. The van der Waals surface area contributed by atoms with Crippen LogP contribution in [0.5, 0.6) is 0 Å². The van der Waals surface area contributed by atoms with E-state index in [9.17, 15) is 9.18 Å². The molecule has 2 N–H and O–H groups in total. The topological polar surface area (TPSA) is 49.3 Å². The molecular formula is C11H12FNO2. The quantitative estimate of drug-likeness (QED) is 0.746. The van der Waals surface area contributed by atoms with Gasteiger partial charge in [0.1, 0.15) is 5.82 Å². The van der Waals surface area contributed by atoms with Gasteiger partial charge >= 0.3 is 5.97 Å². The lowest BCUT2D eigenvalue weighted by atomic mass is 10.1. The zero-order valence-corrected chi connectivity index (χ0v) is 8.27. The van der Waals surface area contributed by atoms with E-state index in [0.29, 0.717) is 0 Å². The Labute approximate surface area is 87.2 Å². The molecule has 3 nitrogen and oxygen atoms in total. The first-order valence-electron chi connectivity index (χ1n) is 4.50. The van der Waals surface area contributed by atoms with Gasteiger partial charge in [-0.2, -0.15) is 0 Å². The number of rotatable bonds is 4. The maximum absolute atomic E-state index is 12.6. The minimum atomic E-state index is -1.01. The van der Waals surface area contributed by atoms with Crippen LogP contribution >= 0.6 is 0 Å². The number of carboxylic acid groups (broad SMARTS) is 1. The van der Waals surface area contributed by atoms with Crippen LogP contribution < -0.4 is 5.32 Å². The molecule has 0 aliphatic heterocycles. The molecular weight excluding hydrogens is 197 g/mol. The Morgan fingerprint density at radius 1 is 1.47 bits per heavy atom. The summed E-state index contributed by atoms with van der Waals surface area (Å²) in [6.45, 7) is 1.86. The van der Waals surface area contributed by atoms with E-state index in [1.165, 1.54) is 18.3 Å². The summed E-state index contributed by atoms with van der Waals surface area (Å²) in [5.41, 5.74) is 0.895. The summed E-state index contributed by atoms with van der Waals surface area (Å²) in [6.07, 6.45) is 2.37. The Balaban J connectivity index is 2.57. The number of carboxylic acids is 1. The smallest absolute Gasteiger partial charge is 0.329 e. The van der Waals surface area contributed by atoms with Crippen LogP contribution in [0.15, 0.2) is 36.5 Å². The van der Waals surface area contributed by atoms with E-state index in [1.54, 1.807) is 12.1 Å². The summed E-state index contributed by atoms with van der Waals surface area (Å²) in [5, 5.41) is 11.2. The van der Waals surface area contributed by atoms with Gasteiger partial charge in [-0.25, -0.2) is 9.18 Å². The van der Waals surface area contributed by atoms with E-state index in [0.717, 1.165) is 11.6 Å². The highest BCUT2D eigenvalue weighted by Gasteiger charge is 2.02. The van der Waals surface area contributed by atoms with Crippen LogP contribution in [0.4, 0.5) is 4.39 Å². The zero-order valence-electron chi connectivity index (χ0n) is 8.27. The molecule has 1 unspecified atom stereocenters. The molecule has 1 aromatic rings. The predicted octanol–water partition coefficient (Wildman–Crippen LogP) is 2.07. The Morgan fingerprint density at radius 3 is 2.60 bits per heavy atom. The molecule has 80 valence electrons. The van der Waals surface area contributed by atoms with Gasteiger partial charge in [0.2, 0.25) is 0 Å². The maximum Gasteiger partial charge on any atom is 0.329 e. The second kappa shape index (κ2) is 5.14. The molecule has 0 aliphatic carbocycles. The fourth-order valence-electron chi connectivity index (χ4n) is 1.11. The van der Waals surface area contributed by atoms with Gasteiger partial charge < -0.3 is 10.4 Å². The van der Waals surface area contributed by atoms with Crippen molar-refractivity contribution < 1.29 is 14.3 Å². The van der Waals surface area contributed by atoms with E-state index < -0.39 is 5.97 Å². The van der Waals surface area contributed by atoms with Crippen LogP contribution in [-0.2, 0) is 4.79 Å². The van der Waals surface area contributed by atoms with Crippen LogP contribution in [0, 0.1) is 5.82 Å². The summed E-state index contributed by atoms with van der Waals surface area (Å²) < 4.78 is 12.6. The molecule has 0 amide bonds. The van der Waals surface area contributed by atoms with Crippen molar-refractivity contribution in [1.82, 2.24) is 5.32 Å². The SMILES string of the molecule is CC(N/C=C/C(=O)O)c1ccc(F)cc1. The highest BCUT2D eigenvalue weighted by molar-refractivity contribution is 5.79. The summed E-state index contributed by atoms with van der Waals surface area (Å²) >= 11 is 0. The second-order valence-corrected chi connectivity index (χ2v) is 3.11. The van der Waals surface area contributed by atoms with E-state index in [1.807, 2.05) is 6.92 Å². The Kier molecular flexibility index (Phi) is 3.85. The molecule has 4 heteroatoms. The van der Waals surface area contributed by atoms with Gasteiger partial charge in [-0.3, -0.25) is 0 Å². The number of carbonyl (C=O) groups is 1. The first-order chi connectivity index (χ1) is 7.09. The molecule has 0 aliphatic rings. The van der Waals surface area contributed by atoms with Gasteiger partial charge in [-0.05, 0) is 24.6 Å². The van der Waals surface area contributed by atoms with Gasteiger partial charge in [0.05, 0.1) is 0 Å². The first-order valence-corrected chi connectivity index (χ1v) is 4.50. The first kappa shape index (κ1) is 11.2. The van der Waals surface area contributed by atoms with Crippen LogP contribution in [-0.4, -0.2) is 11.1 Å². The third kappa shape index (κ3) is 3.81. The van der Waals surface area contributed by atoms with Crippen molar-refractivity contribution in [3.63, 3.8) is 0 Å². The molecule has 1 rings (SSSR count). The molecule has 1 atom stereocenters. The minimum absolute atomic E-state index is 0.0544. The molecule has 1 aromatic carbocycles. The van der Waals surface area contributed by atoms with Gasteiger partial charge in [0.25, 0.3) is 0 Å². The number of aliphatic carboxylic acids is 1. The fraction of sp³-hybridized carbons (Fsp3) is 0.182. The molecule has 0 heterocycles. The highest BCUT2D eigenvalue weighted by atomic mass is 19.1. The zero-order chi connectivity index (χ0) is 11.3. The molecule has 0 radical (unpaired) electrons. The van der Waals surface area contributed by atoms with Crippen LogP contribution in [0.25, 0.3) is 0 Å². The van der Waals surface area contributed by atoms with Crippen molar-refractivity contribution in [2.24, 2.45) is 0 Å². The lowest BCUT2D eigenvalue weighted by Gasteiger charge is -2.11. The average molecular weight is 209 g/mol. The molecule has 0 aromatic heterocycles. The lowest BCUT2D eigenvalue weighted by Crippen LogP contribution is -2.12. The summed E-state index contributed by atoms with van der Waals surface area (Å²) in [6, 6.07) is 5.99. The molecule has 0 saturated carbocycles. The maximum atomic E-state index is 12.6. The third-order valence-electron chi connectivity index (χ3n) is 1.94. The van der Waals surface area contributed by atoms with Gasteiger partial charge in [-0.1, -0.05) is 12.1 Å². The van der Waals surface area contributed by atoms with Crippen molar-refractivity contribution >= 4 is 5.97 Å². The van der Waals surface area contributed by atoms with Gasteiger partial charge in [0, 0.05) is 18.3 Å². The Hall–Kier alpha value is -1.84. The van der Waals surface area contributed by atoms with E-state index in [4.69, 9.17) is 5.11 Å². The molecule has 0 fully saturated rings. The third-order valence-corrected chi connectivity index (χ3v) is 1.94. The predicted molar refractivity (Wildman–Crippen MR) is 54.7 cm³/mol. The lowest BCUT2D eigenvalue weighted by molar-refractivity contribution is -0.131. The monoisotopic (exact) mass is 209 g/mol. The summed E-state index contributed by atoms with van der Waals surface area (Å²) in [4.78, 5) is 10.2. The van der Waals surface area contributed by atoms with Crippen LogP contribution in [0.2, 0.25) is 0 Å². The number of hydrogen-bond acceptors (Lipinski definition) is 2. The van der Waals surface area contributed by atoms with Crippen molar-refractivity contribution in [2.75, 3.05) is 0 Å². The normalized spacial score (nSPS) is 12.7. The number of benzene rings is 1. The average Bonchev–Trinajstić information content (AvgIpc) is 2.18. The number of nitrogens with one attached hydrogen (secondary N) is 1. The summed E-state index contributed by atoms with van der Waals surface area (Å²) in [7, 11) is 0. The van der Waals surface area contributed by atoms with Crippen molar-refractivity contribution in [1.29, 1.82) is 0 Å². The number of halogens is 1.